The Balaban J connectivity index is 1.64. The highest BCUT2D eigenvalue weighted by atomic mass is 32.2. The van der Waals surface area contributed by atoms with Gasteiger partial charge in [0.1, 0.15) is 6.61 Å². The molecule has 0 radical (unpaired) electrons. The molecule has 2 N–H and O–H groups in total. The normalized spacial score (nSPS) is 13.5. The first-order valence-corrected chi connectivity index (χ1v) is 11.3. The lowest BCUT2D eigenvalue weighted by molar-refractivity contribution is 0.222. The third-order valence-corrected chi connectivity index (χ3v) is 5.87. The number of aryl methyl sites for hydroxylation is 2. The van der Waals surface area contributed by atoms with Gasteiger partial charge in [0.2, 0.25) is 5.88 Å². The largest absolute Gasteiger partial charge is 0.472 e. The summed E-state index contributed by atoms with van der Waals surface area (Å²) in [5.41, 5.74) is 8.06. The predicted octanol–water partition coefficient (Wildman–Crippen LogP) is 3.30. The van der Waals surface area contributed by atoms with Crippen molar-refractivity contribution in [2.45, 2.75) is 44.2 Å². The summed E-state index contributed by atoms with van der Waals surface area (Å²) in [6.07, 6.45) is 3.39. The van der Waals surface area contributed by atoms with Gasteiger partial charge >= 0.3 is 0 Å². The number of nitrogens with zero attached hydrogens (tertiary/aromatic N) is 3. The van der Waals surface area contributed by atoms with Crippen LogP contribution >= 0.6 is 0 Å². The maximum Gasteiger partial charge on any atom is 0.298 e. The van der Waals surface area contributed by atoms with E-state index in [2.05, 4.69) is 17.0 Å². The van der Waals surface area contributed by atoms with Gasteiger partial charge in [-0.3, -0.25) is 0 Å². The molecule has 1 aromatic carbocycles. The average molecular weight is 449 g/mol. The van der Waals surface area contributed by atoms with Gasteiger partial charge in [-0.05, 0) is 38.0 Å². The molecule has 0 aliphatic heterocycles. The number of unbranched alkanes of at least 4 members (excludes halogenated alkanes) is 1. The van der Waals surface area contributed by atoms with Gasteiger partial charge in [-0.15, -0.1) is 5.10 Å². The molecule has 2 aromatic heterocycles. The molecule has 0 fully saturated rings. The van der Waals surface area contributed by atoms with E-state index in [-0.39, 0.29) is 29.3 Å². The van der Waals surface area contributed by atoms with Crippen molar-refractivity contribution in [3.8, 4) is 5.88 Å². The lowest BCUT2D eigenvalue weighted by Crippen LogP contribution is -2.31. The van der Waals surface area contributed by atoms with Gasteiger partial charge in [-0.1, -0.05) is 31.0 Å². The number of hydrogen-bond donors (Lipinski definition) is 1. The quantitative estimate of drug-likeness (QED) is 0.374. The van der Waals surface area contributed by atoms with Crippen LogP contribution in [0.25, 0.3) is 5.65 Å². The van der Waals surface area contributed by atoms with Gasteiger partial charge in [-0.2, -0.15) is 8.42 Å². The predicted molar refractivity (Wildman–Crippen MR) is 114 cm³/mol. The number of hydrogen-bond acceptors (Lipinski definition) is 7. The number of halogens is 1. The molecule has 31 heavy (non-hydrogen) atoms. The lowest BCUT2D eigenvalue weighted by Gasteiger charge is -2.16. The Bertz CT molecular complexity index is 1160. The van der Waals surface area contributed by atoms with Crippen LogP contribution in [-0.4, -0.2) is 35.9 Å². The zero-order chi connectivity index (χ0) is 22.4. The minimum absolute atomic E-state index is 0.0706. The third-order valence-electron chi connectivity index (χ3n) is 4.56. The smallest absolute Gasteiger partial charge is 0.298 e. The van der Waals surface area contributed by atoms with E-state index in [1.54, 1.807) is 28.8 Å². The minimum Gasteiger partial charge on any atom is -0.472 e. The molecule has 0 saturated heterocycles. The Kier molecular flexibility index (Phi) is 7.37. The second kappa shape index (κ2) is 9.99. The molecule has 10 heteroatoms. The summed E-state index contributed by atoms with van der Waals surface area (Å²) < 4.78 is 50.1. The SMILES string of the molecule is CCCCc1cn2nc(OC/C(=C\F)C(N)OS(=O)(=O)c3ccc(C)cc3)ccc2n1. The molecule has 1 atom stereocenters. The first kappa shape index (κ1) is 22.9. The molecule has 0 saturated carbocycles. The second-order valence-corrected chi connectivity index (χ2v) is 8.64. The monoisotopic (exact) mass is 448 g/mol. The zero-order valence-corrected chi connectivity index (χ0v) is 18.2. The minimum atomic E-state index is -4.16. The number of nitrogens with two attached hydrogens (primary N) is 1. The van der Waals surface area contributed by atoms with Crippen LogP contribution in [0.3, 0.4) is 0 Å². The Hall–Kier alpha value is -2.82. The number of benzene rings is 1. The Morgan fingerprint density at radius 2 is 2.00 bits per heavy atom. The summed E-state index contributed by atoms with van der Waals surface area (Å²) in [5, 5.41) is 4.28. The fourth-order valence-electron chi connectivity index (χ4n) is 2.76. The Labute approximate surface area is 180 Å². The van der Waals surface area contributed by atoms with Crippen LogP contribution in [0, 0.1) is 6.92 Å². The highest BCUT2D eigenvalue weighted by Gasteiger charge is 2.23. The van der Waals surface area contributed by atoms with Crippen LogP contribution in [0.2, 0.25) is 0 Å². The van der Waals surface area contributed by atoms with Crippen LogP contribution in [0.15, 0.2) is 59.4 Å². The number of ether oxygens (including phenoxy) is 1. The highest BCUT2D eigenvalue weighted by molar-refractivity contribution is 7.86. The summed E-state index contributed by atoms with van der Waals surface area (Å²) >= 11 is 0. The van der Waals surface area contributed by atoms with Gasteiger partial charge in [-0.25, -0.2) is 18.1 Å². The van der Waals surface area contributed by atoms with Crippen molar-refractivity contribution in [1.82, 2.24) is 14.6 Å². The number of fused-ring (bicyclic) bond motifs is 1. The topological polar surface area (TPSA) is 109 Å². The Morgan fingerprint density at radius 1 is 1.26 bits per heavy atom. The van der Waals surface area contributed by atoms with Crippen molar-refractivity contribution in [2.75, 3.05) is 6.61 Å². The van der Waals surface area contributed by atoms with Crippen LogP contribution in [0.1, 0.15) is 31.0 Å². The van der Waals surface area contributed by atoms with E-state index in [9.17, 15) is 12.8 Å². The number of imidazole rings is 1. The van der Waals surface area contributed by atoms with Crippen molar-refractivity contribution in [2.24, 2.45) is 5.73 Å². The summed E-state index contributed by atoms with van der Waals surface area (Å²) in [4.78, 5) is 4.40. The molecule has 0 aliphatic rings. The van der Waals surface area contributed by atoms with E-state index in [1.165, 1.54) is 12.1 Å². The van der Waals surface area contributed by atoms with Crippen molar-refractivity contribution in [3.05, 3.63) is 65.8 Å². The first-order valence-electron chi connectivity index (χ1n) is 9.85. The van der Waals surface area contributed by atoms with E-state index in [0.29, 0.717) is 5.65 Å². The maximum absolute atomic E-state index is 13.4. The summed E-state index contributed by atoms with van der Waals surface area (Å²) in [5.74, 6) is 0.208. The second-order valence-electron chi connectivity index (χ2n) is 7.07. The average Bonchev–Trinajstić information content (AvgIpc) is 3.14. The molecule has 3 rings (SSSR count). The molecule has 3 aromatic rings. The summed E-state index contributed by atoms with van der Waals surface area (Å²) in [7, 11) is -4.16. The standard InChI is InChI=1S/C21H25FN4O4S/c1-3-4-5-17-13-26-19(24-17)10-11-20(25-26)29-14-16(12-22)21(23)30-31(27,28)18-8-6-15(2)7-9-18/h6-13,21H,3-5,14,23H2,1-2H3/b16-12+. The van der Waals surface area contributed by atoms with Crippen LogP contribution in [0.4, 0.5) is 4.39 Å². The summed E-state index contributed by atoms with van der Waals surface area (Å²) in [6.45, 7) is 3.60. The lowest BCUT2D eigenvalue weighted by atomic mass is 10.2. The van der Waals surface area contributed by atoms with Gasteiger partial charge in [0.05, 0.1) is 23.1 Å². The van der Waals surface area contributed by atoms with Gasteiger partial charge in [0.25, 0.3) is 10.1 Å². The van der Waals surface area contributed by atoms with Crippen molar-refractivity contribution >= 4 is 15.8 Å². The molecule has 1 unspecified atom stereocenters. The number of aromatic nitrogens is 3. The summed E-state index contributed by atoms with van der Waals surface area (Å²) in [6, 6.07) is 9.37. The van der Waals surface area contributed by atoms with Crippen molar-refractivity contribution in [1.29, 1.82) is 0 Å². The molecule has 0 aliphatic carbocycles. The van der Waals surface area contributed by atoms with Crippen molar-refractivity contribution < 1.29 is 21.7 Å². The van der Waals surface area contributed by atoms with Gasteiger partial charge < -0.3 is 10.5 Å². The molecule has 0 spiro atoms. The molecule has 0 bridgehead atoms. The van der Waals surface area contributed by atoms with Crippen molar-refractivity contribution in [3.63, 3.8) is 0 Å². The van der Waals surface area contributed by atoms with Gasteiger partial charge in [0.15, 0.2) is 11.9 Å². The third kappa shape index (κ3) is 5.87. The van der Waals surface area contributed by atoms with Crippen LogP contribution < -0.4 is 10.5 Å². The van der Waals surface area contributed by atoms with Crippen LogP contribution in [-0.2, 0) is 20.7 Å². The fourth-order valence-corrected chi connectivity index (χ4v) is 3.74. The number of rotatable bonds is 10. The molecule has 0 amide bonds. The van der Waals surface area contributed by atoms with Gasteiger partial charge in [0, 0.05) is 11.6 Å². The first-order chi connectivity index (χ1) is 14.8. The molecule has 166 valence electrons. The van der Waals surface area contributed by atoms with E-state index >= 15 is 0 Å². The van der Waals surface area contributed by atoms with E-state index in [4.69, 9.17) is 14.7 Å². The fraction of sp³-hybridized carbons (Fsp3) is 0.333. The van der Waals surface area contributed by atoms with E-state index in [0.717, 1.165) is 30.5 Å². The maximum atomic E-state index is 13.4. The van der Waals surface area contributed by atoms with E-state index < -0.39 is 16.3 Å². The Morgan fingerprint density at radius 3 is 2.68 bits per heavy atom. The van der Waals surface area contributed by atoms with Crippen LogP contribution in [0.5, 0.6) is 5.88 Å². The zero-order valence-electron chi connectivity index (χ0n) is 17.4. The molecular weight excluding hydrogens is 423 g/mol. The highest BCUT2D eigenvalue weighted by Crippen LogP contribution is 2.18. The van der Waals surface area contributed by atoms with E-state index in [1.807, 2.05) is 13.1 Å². The molecular formula is C21H25FN4O4S. The molecule has 2 heterocycles. The molecule has 8 nitrogen and oxygen atoms in total.